The normalized spacial score (nSPS) is 12.2. The van der Waals surface area contributed by atoms with E-state index in [4.69, 9.17) is 23.2 Å². The molecule has 192 valence electrons. The number of hydrogen-bond donors (Lipinski definition) is 1. The predicted molar refractivity (Wildman–Crippen MR) is 138 cm³/mol. The van der Waals surface area contributed by atoms with E-state index in [0.717, 1.165) is 23.4 Å². The van der Waals surface area contributed by atoms with Crippen LogP contribution in [0, 0.1) is 5.82 Å². The first-order valence-corrected chi connectivity index (χ1v) is 13.8. The minimum Gasteiger partial charge on any atom is -0.354 e. The summed E-state index contributed by atoms with van der Waals surface area (Å²) in [6.07, 6.45) is 2.95. The first-order chi connectivity index (χ1) is 16.5. The molecule has 0 saturated carbocycles. The van der Waals surface area contributed by atoms with Crippen molar-refractivity contribution in [2.45, 2.75) is 45.7 Å². The molecule has 2 aromatic carbocycles. The van der Waals surface area contributed by atoms with Gasteiger partial charge in [-0.15, -0.1) is 0 Å². The van der Waals surface area contributed by atoms with Gasteiger partial charge in [-0.1, -0.05) is 55.6 Å². The van der Waals surface area contributed by atoms with Crippen LogP contribution in [0.5, 0.6) is 0 Å². The number of rotatable bonds is 12. The SMILES string of the molecule is CCCCNC(=O)[C@H](CC)N(Cc1ccc(F)cc1)C(=O)CN(c1ccc(Cl)c(Cl)c1)S(C)(=O)=O. The number of carbonyl (C=O) groups excluding carboxylic acids is 2. The van der Waals surface area contributed by atoms with E-state index in [1.165, 1.54) is 47.4 Å². The fraction of sp³-hybridized carbons (Fsp3) is 0.417. The summed E-state index contributed by atoms with van der Waals surface area (Å²) in [6, 6.07) is 8.96. The van der Waals surface area contributed by atoms with Crippen molar-refractivity contribution in [3.8, 4) is 0 Å². The van der Waals surface area contributed by atoms with Gasteiger partial charge in [0.2, 0.25) is 21.8 Å². The van der Waals surface area contributed by atoms with Gasteiger partial charge in [0.1, 0.15) is 18.4 Å². The van der Waals surface area contributed by atoms with E-state index >= 15 is 0 Å². The fourth-order valence-corrected chi connectivity index (χ4v) is 4.60. The Labute approximate surface area is 216 Å². The maximum Gasteiger partial charge on any atom is 0.244 e. The molecule has 2 aromatic rings. The zero-order chi connectivity index (χ0) is 26.2. The lowest BCUT2D eigenvalue weighted by Crippen LogP contribution is -2.52. The molecule has 0 aromatic heterocycles. The number of hydrogen-bond acceptors (Lipinski definition) is 4. The van der Waals surface area contributed by atoms with Gasteiger partial charge in [0.05, 0.1) is 22.0 Å². The predicted octanol–water partition coefficient (Wildman–Crippen LogP) is 4.62. The fourth-order valence-electron chi connectivity index (χ4n) is 3.47. The summed E-state index contributed by atoms with van der Waals surface area (Å²) in [5, 5.41) is 3.21. The Morgan fingerprint density at radius 3 is 2.26 bits per heavy atom. The Hall–Kier alpha value is -2.36. The summed E-state index contributed by atoms with van der Waals surface area (Å²) in [6.45, 7) is 3.66. The Morgan fingerprint density at radius 2 is 1.71 bits per heavy atom. The molecule has 35 heavy (non-hydrogen) atoms. The minimum atomic E-state index is -3.89. The number of carbonyl (C=O) groups is 2. The van der Waals surface area contributed by atoms with Crippen molar-refractivity contribution in [1.82, 2.24) is 10.2 Å². The number of sulfonamides is 1. The van der Waals surface area contributed by atoms with Gasteiger partial charge in [0.25, 0.3) is 0 Å². The van der Waals surface area contributed by atoms with Crippen molar-refractivity contribution >= 4 is 50.7 Å². The van der Waals surface area contributed by atoms with Crippen molar-refractivity contribution in [3.63, 3.8) is 0 Å². The molecule has 0 heterocycles. The van der Waals surface area contributed by atoms with Gasteiger partial charge >= 0.3 is 0 Å². The van der Waals surface area contributed by atoms with Gasteiger partial charge in [0.15, 0.2) is 0 Å². The number of nitrogens with one attached hydrogen (secondary N) is 1. The monoisotopic (exact) mass is 545 g/mol. The summed E-state index contributed by atoms with van der Waals surface area (Å²) in [5.41, 5.74) is 0.762. The second-order valence-corrected chi connectivity index (χ2v) is 10.8. The first kappa shape index (κ1) is 28.9. The lowest BCUT2D eigenvalue weighted by Gasteiger charge is -2.33. The van der Waals surface area contributed by atoms with Crippen molar-refractivity contribution in [2.75, 3.05) is 23.7 Å². The van der Waals surface area contributed by atoms with E-state index in [-0.39, 0.29) is 28.2 Å². The van der Waals surface area contributed by atoms with Gasteiger partial charge in [-0.2, -0.15) is 0 Å². The molecular weight excluding hydrogens is 516 g/mol. The topological polar surface area (TPSA) is 86.8 Å². The van der Waals surface area contributed by atoms with Gasteiger partial charge in [-0.05, 0) is 48.7 Å². The molecular formula is C24H30Cl2FN3O4S. The maximum absolute atomic E-state index is 13.5. The van der Waals surface area contributed by atoms with Crippen molar-refractivity contribution < 1.29 is 22.4 Å². The van der Waals surface area contributed by atoms with Crippen molar-refractivity contribution in [3.05, 3.63) is 63.9 Å². The summed E-state index contributed by atoms with van der Waals surface area (Å²) in [5.74, 6) is -1.36. The highest BCUT2D eigenvalue weighted by molar-refractivity contribution is 7.92. The van der Waals surface area contributed by atoms with Gasteiger partial charge in [0, 0.05) is 13.1 Å². The minimum absolute atomic E-state index is 0.00219. The second-order valence-electron chi connectivity index (χ2n) is 8.08. The molecule has 0 aliphatic rings. The van der Waals surface area contributed by atoms with Crippen LogP contribution in [0.25, 0.3) is 0 Å². The number of benzene rings is 2. The first-order valence-electron chi connectivity index (χ1n) is 11.2. The molecule has 0 spiro atoms. The molecule has 11 heteroatoms. The van der Waals surface area contributed by atoms with Crippen LogP contribution < -0.4 is 9.62 Å². The number of unbranched alkanes of at least 4 members (excludes halogenated alkanes) is 1. The molecule has 2 rings (SSSR count). The average Bonchev–Trinajstić information content (AvgIpc) is 2.80. The lowest BCUT2D eigenvalue weighted by atomic mass is 10.1. The van der Waals surface area contributed by atoms with Crippen LogP contribution >= 0.6 is 23.2 Å². The third-order valence-electron chi connectivity index (χ3n) is 5.35. The largest absolute Gasteiger partial charge is 0.354 e. The van der Waals surface area contributed by atoms with Crippen LogP contribution in [-0.4, -0.2) is 50.5 Å². The summed E-state index contributed by atoms with van der Waals surface area (Å²) >= 11 is 12.0. The number of anilines is 1. The highest BCUT2D eigenvalue weighted by atomic mass is 35.5. The second kappa shape index (κ2) is 13.1. The number of nitrogens with zero attached hydrogens (tertiary/aromatic N) is 2. The zero-order valence-electron chi connectivity index (χ0n) is 19.9. The maximum atomic E-state index is 13.5. The van der Waals surface area contributed by atoms with Crippen LogP contribution in [-0.2, 0) is 26.2 Å². The average molecular weight is 546 g/mol. The third-order valence-corrected chi connectivity index (χ3v) is 7.23. The number of halogens is 3. The highest BCUT2D eigenvalue weighted by Gasteiger charge is 2.31. The molecule has 2 amide bonds. The molecule has 1 N–H and O–H groups in total. The quantitative estimate of drug-likeness (QED) is 0.394. The smallest absolute Gasteiger partial charge is 0.244 e. The van der Waals surface area contributed by atoms with E-state index in [1.807, 2.05) is 6.92 Å². The molecule has 0 radical (unpaired) electrons. The molecule has 1 atom stereocenters. The van der Waals surface area contributed by atoms with Crippen molar-refractivity contribution in [1.29, 1.82) is 0 Å². The molecule has 7 nitrogen and oxygen atoms in total. The Balaban J connectivity index is 2.41. The Kier molecular flexibility index (Phi) is 10.8. The van der Waals surface area contributed by atoms with Crippen molar-refractivity contribution in [2.24, 2.45) is 0 Å². The van der Waals surface area contributed by atoms with Gasteiger partial charge < -0.3 is 10.2 Å². The molecule has 0 saturated heterocycles. The van der Waals surface area contributed by atoms with E-state index in [2.05, 4.69) is 5.32 Å². The van der Waals surface area contributed by atoms with Gasteiger partial charge in [-0.25, -0.2) is 12.8 Å². The van der Waals surface area contributed by atoms with E-state index in [9.17, 15) is 22.4 Å². The van der Waals surface area contributed by atoms with E-state index < -0.39 is 34.3 Å². The standard InChI is InChI=1S/C24H30Cl2FN3O4S/c1-4-6-13-28-24(32)22(5-2)29(15-17-7-9-18(27)10-8-17)23(31)16-30(35(3,33)34)19-11-12-20(25)21(26)14-19/h7-12,14,22H,4-6,13,15-16H2,1-3H3,(H,28,32)/t22-/m0/s1. The van der Waals surface area contributed by atoms with E-state index in [1.54, 1.807) is 6.92 Å². The van der Waals surface area contributed by atoms with Crippen LogP contribution in [0.4, 0.5) is 10.1 Å². The summed E-state index contributed by atoms with van der Waals surface area (Å²) in [4.78, 5) is 27.8. The van der Waals surface area contributed by atoms with Crippen LogP contribution in [0.15, 0.2) is 42.5 Å². The third kappa shape index (κ3) is 8.37. The zero-order valence-corrected chi connectivity index (χ0v) is 22.3. The highest BCUT2D eigenvalue weighted by Crippen LogP contribution is 2.28. The lowest BCUT2D eigenvalue weighted by molar-refractivity contribution is -0.140. The van der Waals surface area contributed by atoms with Crippen LogP contribution in [0.1, 0.15) is 38.7 Å². The van der Waals surface area contributed by atoms with Crippen LogP contribution in [0.2, 0.25) is 10.0 Å². The Bertz CT molecular complexity index is 1130. The van der Waals surface area contributed by atoms with E-state index in [0.29, 0.717) is 18.5 Å². The number of amides is 2. The van der Waals surface area contributed by atoms with Gasteiger partial charge in [-0.3, -0.25) is 13.9 Å². The van der Waals surface area contributed by atoms with Crippen LogP contribution in [0.3, 0.4) is 0 Å². The summed E-state index contributed by atoms with van der Waals surface area (Å²) in [7, 11) is -3.89. The Morgan fingerprint density at radius 1 is 1.06 bits per heavy atom. The molecule has 0 unspecified atom stereocenters. The molecule has 0 aliphatic carbocycles. The molecule has 0 fully saturated rings. The molecule has 0 aliphatic heterocycles. The summed E-state index contributed by atoms with van der Waals surface area (Å²) < 4.78 is 39.5. The molecule has 0 bridgehead atoms.